The molecule has 0 aliphatic heterocycles. The molecule has 0 unspecified atom stereocenters. The van der Waals surface area contributed by atoms with Crippen LogP contribution in [0.25, 0.3) is 5.82 Å². The molecule has 122 valence electrons. The number of hydrogen-bond donors (Lipinski definition) is 1. The zero-order chi connectivity index (χ0) is 16.9. The number of benzene rings is 1. The molecule has 0 atom stereocenters. The Morgan fingerprint density at radius 1 is 1.21 bits per heavy atom. The largest absolute Gasteiger partial charge is 0.484 e. The van der Waals surface area contributed by atoms with Gasteiger partial charge in [0, 0.05) is 17.4 Å². The Morgan fingerprint density at radius 2 is 2.00 bits per heavy atom. The highest BCUT2D eigenvalue weighted by molar-refractivity contribution is 6.30. The van der Waals surface area contributed by atoms with Crippen molar-refractivity contribution in [3.8, 4) is 11.6 Å². The molecule has 0 aliphatic rings. The lowest BCUT2D eigenvalue weighted by atomic mass is 10.3. The number of imidazole rings is 1. The first-order valence-corrected chi connectivity index (χ1v) is 7.64. The first-order valence-electron chi connectivity index (χ1n) is 7.26. The highest BCUT2D eigenvalue weighted by Crippen LogP contribution is 2.16. The van der Waals surface area contributed by atoms with Gasteiger partial charge in [0.1, 0.15) is 17.4 Å². The van der Waals surface area contributed by atoms with Crippen molar-refractivity contribution in [2.24, 2.45) is 0 Å². The number of carbonyl (C=O) groups excluding carboxylic acids is 1. The average molecular weight is 343 g/mol. The van der Waals surface area contributed by atoms with Crippen LogP contribution in [0.2, 0.25) is 5.02 Å². The van der Waals surface area contributed by atoms with Crippen LogP contribution in [0.4, 0.5) is 5.69 Å². The van der Waals surface area contributed by atoms with Crippen molar-refractivity contribution in [1.29, 1.82) is 0 Å². The lowest BCUT2D eigenvalue weighted by Crippen LogP contribution is -2.20. The average Bonchev–Trinajstić information content (AvgIpc) is 3.01. The third-order valence-electron chi connectivity index (χ3n) is 3.29. The third kappa shape index (κ3) is 3.91. The fraction of sp³-hybridized carbons (Fsp3) is 0.118. The van der Waals surface area contributed by atoms with E-state index in [2.05, 4.69) is 15.3 Å². The predicted molar refractivity (Wildman–Crippen MR) is 91.7 cm³/mol. The number of rotatable bonds is 5. The summed E-state index contributed by atoms with van der Waals surface area (Å²) in [5.41, 5.74) is 0.598. The van der Waals surface area contributed by atoms with Gasteiger partial charge in [0.05, 0.1) is 11.9 Å². The van der Waals surface area contributed by atoms with Crippen molar-refractivity contribution in [3.05, 3.63) is 65.8 Å². The van der Waals surface area contributed by atoms with E-state index >= 15 is 0 Å². The molecule has 2 aromatic heterocycles. The second-order valence-electron chi connectivity index (χ2n) is 5.04. The molecule has 24 heavy (non-hydrogen) atoms. The van der Waals surface area contributed by atoms with Gasteiger partial charge in [-0.05, 0) is 43.3 Å². The number of amides is 1. The smallest absolute Gasteiger partial charge is 0.262 e. The van der Waals surface area contributed by atoms with Gasteiger partial charge in [-0.15, -0.1) is 0 Å². The summed E-state index contributed by atoms with van der Waals surface area (Å²) in [5.74, 6) is 1.90. The van der Waals surface area contributed by atoms with Crippen LogP contribution in [-0.2, 0) is 4.79 Å². The second-order valence-corrected chi connectivity index (χ2v) is 5.48. The van der Waals surface area contributed by atoms with Crippen LogP contribution in [0.1, 0.15) is 5.82 Å². The first-order chi connectivity index (χ1) is 11.6. The van der Waals surface area contributed by atoms with Gasteiger partial charge in [0.15, 0.2) is 6.61 Å². The molecule has 3 rings (SSSR count). The number of nitrogens with zero attached hydrogens (tertiary/aromatic N) is 3. The van der Waals surface area contributed by atoms with Crippen molar-refractivity contribution in [1.82, 2.24) is 14.5 Å². The highest BCUT2D eigenvalue weighted by Gasteiger charge is 2.06. The molecule has 2 heterocycles. The van der Waals surface area contributed by atoms with Crippen molar-refractivity contribution in [3.63, 3.8) is 0 Å². The second kappa shape index (κ2) is 7.14. The predicted octanol–water partition coefficient (Wildman–Crippen LogP) is 3.25. The zero-order valence-electron chi connectivity index (χ0n) is 12.9. The van der Waals surface area contributed by atoms with E-state index in [1.54, 1.807) is 42.7 Å². The fourth-order valence-corrected chi connectivity index (χ4v) is 2.23. The minimum Gasteiger partial charge on any atom is -0.484 e. The van der Waals surface area contributed by atoms with E-state index in [4.69, 9.17) is 16.3 Å². The van der Waals surface area contributed by atoms with Gasteiger partial charge >= 0.3 is 0 Å². The van der Waals surface area contributed by atoms with E-state index in [0.29, 0.717) is 16.5 Å². The van der Waals surface area contributed by atoms with Crippen LogP contribution >= 0.6 is 11.6 Å². The Labute approximate surface area is 144 Å². The summed E-state index contributed by atoms with van der Waals surface area (Å²) in [6.45, 7) is 1.80. The van der Waals surface area contributed by atoms with Gasteiger partial charge in [-0.1, -0.05) is 11.6 Å². The van der Waals surface area contributed by atoms with Crippen molar-refractivity contribution < 1.29 is 9.53 Å². The number of carbonyl (C=O) groups is 1. The molecule has 3 aromatic rings. The highest BCUT2D eigenvalue weighted by atomic mass is 35.5. The molecule has 0 saturated heterocycles. The van der Waals surface area contributed by atoms with Crippen molar-refractivity contribution >= 4 is 23.2 Å². The monoisotopic (exact) mass is 342 g/mol. The summed E-state index contributed by atoms with van der Waals surface area (Å²) < 4.78 is 7.25. The van der Waals surface area contributed by atoms with Gasteiger partial charge in [0.2, 0.25) is 0 Å². The standard InChI is InChI=1S/C17H15ClN4O2/c1-12-19-8-9-22(12)16-7-4-14(10-20-16)21-17(23)11-24-15-5-2-13(18)3-6-15/h2-10H,11H2,1H3,(H,21,23). The number of anilines is 1. The van der Waals surface area contributed by atoms with E-state index in [-0.39, 0.29) is 12.5 Å². The Bertz CT molecular complexity index is 829. The zero-order valence-corrected chi connectivity index (χ0v) is 13.7. The number of hydrogen-bond acceptors (Lipinski definition) is 4. The molecule has 1 amide bonds. The van der Waals surface area contributed by atoms with E-state index < -0.39 is 0 Å². The van der Waals surface area contributed by atoms with Crippen LogP contribution in [0, 0.1) is 6.92 Å². The van der Waals surface area contributed by atoms with Crippen LogP contribution in [-0.4, -0.2) is 27.0 Å². The lowest BCUT2D eigenvalue weighted by molar-refractivity contribution is -0.118. The normalized spacial score (nSPS) is 10.4. The summed E-state index contributed by atoms with van der Waals surface area (Å²) in [6.07, 6.45) is 5.13. The molecule has 0 fully saturated rings. The molecule has 6 nitrogen and oxygen atoms in total. The molecule has 0 radical (unpaired) electrons. The summed E-state index contributed by atoms with van der Waals surface area (Å²) >= 11 is 5.79. The lowest BCUT2D eigenvalue weighted by Gasteiger charge is -2.08. The summed E-state index contributed by atoms with van der Waals surface area (Å²) in [5, 5.41) is 3.35. The molecule has 0 aliphatic carbocycles. The topological polar surface area (TPSA) is 69.0 Å². The van der Waals surface area contributed by atoms with E-state index in [0.717, 1.165) is 11.6 Å². The number of aryl methyl sites for hydroxylation is 1. The molecule has 0 bridgehead atoms. The molecule has 1 aromatic carbocycles. The minimum absolute atomic E-state index is 0.0932. The van der Waals surface area contributed by atoms with Gasteiger partial charge < -0.3 is 10.1 Å². The molecular formula is C17H15ClN4O2. The first kappa shape index (κ1) is 16.0. The molecule has 7 heteroatoms. The van der Waals surface area contributed by atoms with Crippen LogP contribution in [0.3, 0.4) is 0 Å². The molecule has 1 N–H and O–H groups in total. The maximum absolute atomic E-state index is 11.9. The fourth-order valence-electron chi connectivity index (χ4n) is 2.10. The van der Waals surface area contributed by atoms with E-state index in [9.17, 15) is 4.79 Å². The van der Waals surface area contributed by atoms with Crippen LogP contribution in [0.5, 0.6) is 5.75 Å². The number of halogens is 1. The van der Waals surface area contributed by atoms with Crippen LogP contribution in [0.15, 0.2) is 55.0 Å². The van der Waals surface area contributed by atoms with Crippen molar-refractivity contribution in [2.75, 3.05) is 11.9 Å². The molecule has 0 saturated carbocycles. The molecule has 0 spiro atoms. The number of aromatic nitrogens is 3. The SMILES string of the molecule is Cc1nccn1-c1ccc(NC(=O)COc2ccc(Cl)cc2)cn1. The maximum Gasteiger partial charge on any atom is 0.262 e. The Morgan fingerprint density at radius 3 is 2.62 bits per heavy atom. The number of nitrogens with one attached hydrogen (secondary N) is 1. The summed E-state index contributed by atoms with van der Waals surface area (Å²) in [7, 11) is 0. The van der Waals surface area contributed by atoms with Gasteiger partial charge in [-0.2, -0.15) is 0 Å². The number of ether oxygens (including phenoxy) is 1. The summed E-state index contributed by atoms with van der Waals surface area (Å²) in [6, 6.07) is 10.4. The van der Waals surface area contributed by atoms with E-state index in [1.165, 1.54) is 0 Å². The third-order valence-corrected chi connectivity index (χ3v) is 3.54. The summed E-state index contributed by atoms with van der Waals surface area (Å²) in [4.78, 5) is 20.4. The Hall–Kier alpha value is -2.86. The quantitative estimate of drug-likeness (QED) is 0.772. The van der Waals surface area contributed by atoms with Crippen LogP contribution < -0.4 is 10.1 Å². The Balaban J connectivity index is 1.56. The maximum atomic E-state index is 11.9. The molecular weight excluding hydrogens is 328 g/mol. The number of pyridine rings is 1. The van der Waals surface area contributed by atoms with Gasteiger partial charge in [-0.3, -0.25) is 9.36 Å². The Kier molecular flexibility index (Phi) is 4.77. The van der Waals surface area contributed by atoms with Gasteiger partial charge in [0.25, 0.3) is 5.91 Å². The van der Waals surface area contributed by atoms with Crippen molar-refractivity contribution in [2.45, 2.75) is 6.92 Å². The van der Waals surface area contributed by atoms with Gasteiger partial charge in [-0.25, -0.2) is 9.97 Å². The minimum atomic E-state index is -0.265. The van der Waals surface area contributed by atoms with E-state index in [1.807, 2.05) is 23.8 Å².